The van der Waals surface area contributed by atoms with E-state index in [-0.39, 0.29) is 29.2 Å². The van der Waals surface area contributed by atoms with Crippen molar-refractivity contribution < 1.29 is 17.9 Å². The fraction of sp³-hybridized carbons (Fsp3) is 0.526. The normalized spacial score (nSPS) is 15.5. The molecule has 152 valence electrons. The molecule has 0 radical (unpaired) electrons. The van der Waals surface area contributed by atoms with E-state index < -0.39 is 9.84 Å². The van der Waals surface area contributed by atoms with Crippen molar-refractivity contribution in [2.24, 2.45) is 7.05 Å². The first kappa shape index (κ1) is 20.5. The Morgan fingerprint density at radius 2 is 2.00 bits per heavy atom. The highest BCUT2D eigenvalue weighted by atomic mass is 32.2. The molecule has 9 heteroatoms. The van der Waals surface area contributed by atoms with Crippen molar-refractivity contribution in [3.05, 3.63) is 40.4 Å². The molecule has 1 aliphatic rings. The summed E-state index contributed by atoms with van der Waals surface area (Å²) in [5.74, 6) is -0.0748. The molecule has 0 aliphatic carbocycles. The van der Waals surface area contributed by atoms with E-state index in [1.807, 2.05) is 6.92 Å². The Balaban J connectivity index is 1.97. The lowest BCUT2D eigenvalue weighted by molar-refractivity contribution is 0.0217. The van der Waals surface area contributed by atoms with Crippen LogP contribution in [0.2, 0.25) is 0 Å². The molecule has 1 saturated heterocycles. The van der Waals surface area contributed by atoms with Gasteiger partial charge in [0.1, 0.15) is 6.10 Å². The fourth-order valence-corrected chi connectivity index (χ4v) is 4.41. The molecule has 0 saturated carbocycles. The third-order valence-corrected chi connectivity index (χ3v) is 6.23. The van der Waals surface area contributed by atoms with Crippen LogP contribution in [0.15, 0.2) is 29.2 Å². The largest absolute Gasteiger partial charge is 0.460 e. The Morgan fingerprint density at radius 1 is 1.25 bits per heavy atom. The van der Waals surface area contributed by atoms with Gasteiger partial charge in [-0.3, -0.25) is 4.79 Å². The average Bonchev–Trinajstić information content (AvgIpc) is 2.64. The molecule has 3 rings (SSSR count). The van der Waals surface area contributed by atoms with Crippen molar-refractivity contribution >= 4 is 9.84 Å². The first-order chi connectivity index (χ1) is 13.4. The van der Waals surface area contributed by atoms with Gasteiger partial charge in [0.05, 0.1) is 36.1 Å². The van der Waals surface area contributed by atoms with Crippen LogP contribution in [0.4, 0.5) is 0 Å². The fourth-order valence-electron chi connectivity index (χ4n) is 3.04. The van der Waals surface area contributed by atoms with Gasteiger partial charge in [-0.05, 0) is 18.6 Å². The highest BCUT2D eigenvalue weighted by Gasteiger charge is 2.20. The summed E-state index contributed by atoms with van der Waals surface area (Å²) in [4.78, 5) is 20.5. The molecule has 0 N–H and O–H groups in total. The van der Waals surface area contributed by atoms with Crippen LogP contribution < -0.4 is 10.3 Å². The SMILES string of the molecule is CCCS(=O)(=O)Cc1cc(-c2ccc(=O)n(C)c2)nc(OC2CCOCC2)n1. The number of nitrogens with zero attached hydrogens (tertiary/aromatic N) is 3. The molecular formula is C19H25N3O5S. The molecule has 0 unspecified atom stereocenters. The topological polar surface area (TPSA) is 100 Å². The number of aromatic nitrogens is 3. The third kappa shape index (κ3) is 5.39. The zero-order valence-electron chi connectivity index (χ0n) is 16.1. The average molecular weight is 407 g/mol. The van der Waals surface area contributed by atoms with Crippen LogP contribution in [0, 0.1) is 0 Å². The zero-order valence-corrected chi connectivity index (χ0v) is 16.9. The standard InChI is InChI=1S/C19H25N3O5S/c1-3-10-28(24,25)13-15-11-17(14-4-5-18(23)22(2)12-14)21-19(20-15)27-16-6-8-26-9-7-16/h4-5,11-12,16H,3,6-10,13H2,1-2H3. The van der Waals surface area contributed by atoms with E-state index >= 15 is 0 Å². The Morgan fingerprint density at radius 3 is 2.68 bits per heavy atom. The highest BCUT2D eigenvalue weighted by Crippen LogP contribution is 2.22. The van der Waals surface area contributed by atoms with Crippen molar-refractivity contribution in [1.29, 1.82) is 0 Å². The van der Waals surface area contributed by atoms with Gasteiger partial charge < -0.3 is 14.0 Å². The minimum atomic E-state index is -3.27. The van der Waals surface area contributed by atoms with E-state index in [0.717, 1.165) is 12.8 Å². The lowest BCUT2D eigenvalue weighted by Gasteiger charge is -2.22. The molecule has 8 nitrogen and oxygen atoms in total. The smallest absolute Gasteiger partial charge is 0.317 e. The molecular weight excluding hydrogens is 382 g/mol. The number of hydrogen-bond donors (Lipinski definition) is 0. The molecule has 0 bridgehead atoms. The minimum absolute atomic E-state index is 0.0655. The molecule has 0 amide bonds. The third-order valence-electron chi connectivity index (χ3n) is 4.46. The number of hydrogen-bond acceptors (Lipinski definition) is 7. The quantitative estimate of drug-likeness (QED) is 0.689. The summed E-state index contributed by atoms with van der Waals surface area (Å²) in [5.41, 5.74) is 1.46. The van der Waals surface area contributed by atoms with Gasteiger partial charge >= 0.3 is 6.01 Å². The van der Waals surface area contributed by atoms with Crippen molar-refractivity contribution in [2.75, 3.05) is 19.0 Å². The van der Waals surface area contributed by atoms with Gasteiger partial charge in [0.25, 0.3) is 0 Å². The predicted molar refractivity (Wildman–Crippen MR) is 105 cm³/mol. The van der Waals surface area contributed by atoms with Crippen LogP contribution in [0.5, 0.6) is 6.01 Å². The Bertz CT molecular complexity index is 981. The second-order valence-corrected chi connectivity index (χ2v) is 9.10. The first-order valence-corrected chi connectivity index (χ1v) is 11.2. The van der Waals surface area contributed by atoms with Gasteiger partial charge in [-0.1, -0.05) is 6.92 Å². The number of pyridine rings is 1. The summed E-state index contributed by atoms with van der Waals surface area (Å²) >= 11 is 0. The molecule has 28 heavy (non-hydrogen) atoms. The van der Waals surface area contributed by atoms with E-state index in [4.69, 9.17) is 9.47 Å². The number of rotatable bonds is 7. The molecule has 3 heterocycles. The monoisotopic (exact) mass is 407 g/mol. The van der Waals surface area contributed by atoms with Crippen LogP contribution in [0.25, 0.3) is 11.3 Å². The summed E-state index contributed by atoms with van der Waals surface area (Å²) in [5, 5.41) is 0. The molecule has 1 aliphatic heterocycles. The lowest BCUT2D eigenvalue weighted by atomic mass is 10.1. The Kier molecular flexibility index (Phi) is 6.46. The van der Waals surface area contributed by atoms with Gasteiger partial charge in [-0.25, -0.2) is 8.42 Å². The minimum Gasteiger partial charge on any atom is -0.460 e. The molecule has 0 spiro atoms. The van der Waals surface area contributed by atoms with Crippen molar-refractivity contribution in [2.45, 2.75) is 38.0 Å². The van der Waals surface area contributed by atoms with E-state index in [1.54, 1.807) is 25.4 Å². The van der Waals surface area contributed by atoms with Crippen LogP contribution in [0.3, 0.4) is 0 Å². The molecule has 0 aromatic carbocycles. The van der Waals surface area contributed by atoms with Crippen LogP contribution in [-0.4, -0.2) is 48.0 Å². The zero-order chi connectivity index (χ0) is 20.1. The summed E-state index contributed by atoms with van der Waals surface area (Å²) < 4.78 is 37.3. The maximum Gasteiger partial charge on any atom is 0.317 e. The van der Waals surface area contributed by atoms with Crippen molar-refractivity contribution in [1.82, 2.24) is 14.5 Å². The highest BCUT2D eigenvalue weighted by molar-refractivity contribution is 7.90. The maximum atomic E-state index is 12.3. The van der Waals surface area contributed by atoms with Crippen LogP contribution >= 0.6 is 0 Å². The van der Waals surface area contributed by atoms with E-state index in [2.05, 4.69) is 9.97 Å². The second-order valence-electron chi connectivity index (χ2n) is 6.92. The lowest BCUT2D eigenvalue weighted by Crippen LogP contribution is -2.26. The number of aryl methyl sites for hydroxylation is 1. The van der Waals surface area contributed by atoms with E-state index in [9.17, 15) is 13.2 Å². The Labute approximate surface area is 164 Å². The molecule has 2 aromatic heterocycles. The summed E-state index contributed by atoms with van der Waals surface area (Å²) in [6.07, 6.45) is 3.61. The Hall–Kier alpha value is -2.26. The maximum absolute atomic E-state index is 12.3. The van der Waals surface area contributed by atoms with Crippen LogP contribution in [0.1, 0.15) is 31.9 Å². The summed E-state index contributed by atoms with van der Waals surface area (Å²) in [6.45, 7) is 3.05. The van der Waals surface area contributed by atoms with Crippen molar-refractivity contribution in [3.8, 4) is 17.3 Å². The van der Waals surface area contributed by atoms with Crippen molar-refractivity contribution in [3.63, 3.8) is 0 Å². The predicted octanol–water partition coefficient (Wildman–Crippen LogP) is 1.72. The number of ether oxygens (including phenoxy) is 2. The van der Waals surface area contributed by atoms with Gasteiger partial charge in [-0.2, -0.15) is 9.97 Å². The van der Waals surface area contributed by atoms with Gasteiger partial charge in [0.2, 0.25) is 5.56 Å². The number of sulfone groups is 1. The van der Waals surface area contributed by atoms with Gasteiger partial charge in [0.15, 0.2) is 9.84 Å². The molecule has 2 aromatic rings. The van der Waals surface area contributed by atoms with Crippen LogP contribution in [-0.2, 0) is 27.4 Å². The summed E-state index contributed by atoms with van der Waals surface area (Å²) in [6, 6.07) is 4.90. The second kappa shape index (κ2) is 8.83. The van der Waals surface area contributed by atoms with E-state index in [0.29, 0.717) is 36.6 Å². The van der Waals surface area contributed by atoms with Gasteiger partial charge in [0, 0.05) is 37.7 Å². The van der Waals surface area contributed by atoms with E-state index in [1.165, 1.54) is 10.6 Å². The summed E-state index contributed by atoms with van der Waals surface area (Å²) in [7, 11) is -1.62. The molecule has 0 atom stereocenters. The molecule has 1 fully saturated rings. The first-order valence-electron chi connectivity index (χ1n) is 9.36. The van der Waals surface area contributed by atoms with Gasteiger partial charge in [-0.15, -0.1) is 0 Å².